The number of rotatable bonds is 5. The number of hydrogen-bond donors (Lipinski definition) is 1. The second-order valence-electron chi connectivity index (χ2n) is 4.90. The first-order valence-corrected chi connectivity index (χ1v) is 8.78. The zero-order chi connectivity index (χ0) is 17.7. The van der Waals surface area contributed by atoms with E-state index in [0.717, 1.165) is 0 Å². The predicted molar refractivity (Wildman–Crippen MR) is 89.2 cm³/mol. The van der Waals surface area contributed by atoms with E-state index in [2.05, 4.69) is 9.71 Å². The Kier molecular flexibility index (Phi) is 5.58. The van der Waals surface area contributed by atoms with Crippen LogP contribution in [-0.2, 0) is 14.8 Å². The number of aliphatic carboxylic acids is 1. The van der Waals surface area contributed by atoms with Gasteiger partial charge in [0.1, 0.15) is 5.84 Å². The Balaban J connectivity index is 2.41. The van der Waals surface area contributed by atoms with E-state index in [1.165, 1.54) is 31.2 Å². The third-order valence-electron chi connectivity index (χ3n) is 3.07. The molecule has 1 atom stereocenters. The summed E-state index contributed by atoms with van der Waals surface area (Å²) in [6.07, 6.45) is 0. The molecule has 2 aromatic rings. The van der Waals surface area contributed by atoms with Crippen LogP contribution >= 0.6 is 11.6 Å². The fraction of sp³-hybridized carbons (Fsp3) is 0.125. The largest absolute Gasteiger partial charge is 0.548 e. The second-order valence-corrected chi connectivity index (χ2v) is 7.02. The zero-order valence-corrected chi connectivity index (χ0v) is 14.2. The highest BCUT2D eigenvalue weighted by atomic mass is 35.5. The maximum absolute atomic E-state index is 12.5. The summed E-state index contributed by atoms with van der Waals surface area (Å²) in [7, 11) is -3.95. The van der Waals surface area contributed by atoms with E-state index in [9.17, 15) is 18.3 Å². The van der Waals surface area contributed by atoms with Crippen LogP contribution in [0.4, 0.5) is 0 Å². The summed E-state index contributed by atoms with van der Waals surface area (Å²) in [6.45, 7) is 1.30. The summed E-state index contributed by atoms with van der Waals surface area (Å²) in [5.74, 6) is -1.49. The number of carbonyl (C=O) groups is 1. The molecule has 0 aliphatic heterocycles. The van der Waals surface area contributed by atoms with Gasteiger partial charge in [-0.15, -0.1) is 0 Å². The third-order valence-corrected chi connectivity index (χ3v) is 4.67. The van der Waals surface area contributed by atoms with Crippen molar-refractivity contribution < 1.29 is 18.3 Å². The number of carboxylic acid groups (broad SMARTS) is 1. The van der Waals surface area contributed by atoms with Crippen molar-refractivity contribution in [2.75, 3.05) is 0 Å². The van der Waals surface area contributed by atoms with Crippen molar-refractivity contribution in [3.63, 3.8) is 0 Å². The normalized spacial score (nSPS) is 13.3. The Hall–Kier alpha value is -2.38. The Morgan fingerprint density at radius 3 is 2.25 bits per heavy atom. The number of amidine groups is 1. The monoisotopic (exact) mass is 365 g/mol. The lowest BCUT2D eigenvalue weighted by Gasteiger charge is -2.14. The topological polar surface area (TPSA) is 98.7 Å². The molecule has 24 heavy (non-hydrogen) atoms. The number of halogens is 1. The average Bonchev–Trinajstić information content (AvgIpc) is 2.55. The summed E-state index contributed by atoms with van der Waals surface area (Å²) in [5.41, 5.74) is 0.433. The lowest BCUT2D eigenvalue weighted by Crippen LogP contribution is -2.37. The van der Waals surface area contributed by atoms with Crippen molar-refractivity contribution >= 4 is 33.4 Å². The van der Waals surface area contributed by atoms with Gasteiger partial charge in [0.25, 0.3) is 10.0 Å². The van der Waals surface area contributed by atoms with Crippen molar-refractivity contribution in [2.45, 2.75) is 17.9 Å². The highest BCUT2D eigenvalue weighted by molar-refractivity contribution is 7.90. The average molecular weight is 366 g/mol. The summed E-state index contributed by atoms with van der Waals surface area (Å²) in [6, 6.07) is 12.7. The molecule has 0 bridgehead atoms. The maximum atomic E-state index is 12.5. The van der Waals surface area contributed by atoms with Crippen LogP contribution in [0.2, 0.25) is 5.02 Å². The van der Waals surface area contributed by atoms with Crippen molar-refractivity contribution in [1.29, 1.82) is 0 Å². The first-order chi connectivity index (χ1) is 11.3. The lowest BCUT2D eigenvalue weighted by atomic mass is 10.2. The van der Waals surface area contributed by atoms with E-state index >= 15 is 0 Å². The molecule has 0 aliphatic rings. The number of carboxylic acids is 1. The van der Waals surface area contributed by atoms with Gasteiger partial charge in [0.2, 0.25) is 0 Å². The van der Waals surface area contributed by atoms with Gasteiger partial charge < -0.3 is 9.90 Å². The standard InChI is InChI=1S/C16H15ClN2O4S/c1-11(16(20)21)18-15(12-5-3-2-4-6-12)19-24(22,23)14-9-7-13(17)8-10-14/h2-11H,1H3,(H,18,19)(H,20,21)/p-1/t11-/m1/s1. The highest BCUT2D eigenvalue weighted by Gasteiger charge is 2.18. The van der Waals surface area contributed by atoms with E-state index in [1.54, 1.807) is 30.3 Å². The minimum absolute atomic E-state index is 0.0170. The van der Waals surface area contributed by atoms with Gasteiger partial charge in [-0.2, -0.15) is 0 Å². The van der Waals surface area contributed by atoms with Crippen LogP contribution in [0.5, 0.6) is 0 Å². The summed E-state index contributed by atoms with van der Waals surface area (Å²) >= 11 is 5.76. The van der Waals surface area contributed by atoms with Gasteiger partial charge in [0, 0.05) is 10.6 Å². The van der Waals surface area contributed by atoms with Crippen LogP contribution in [0.1, 0.15) is 12.5 Å². The van der Waals surface area contributed by atoms with Crippen molar-refractivity contribution in [2.24, 2.45) is 4.99 Å². The van der Waals surface area contributed by atoms with Crippen LogP contribution < -0.4 is 9.83 Å². The van der Waals surface area contributed by atoms with Gasteiger partial charge in [-0.3, -0.25) is 9.71 Å². The van der Waals surface area contributed by atoms with E-state index in [4.69, 9.17) is 11.6 Å². The Morgan fingerprint density at radius 2 is 1.71 bits per heavy atom. The molecule has 0 aromatic heterocycles. The SMILES string of the molecule is C[C@@H](N=C(NS(=O)(=O)c1ccc(Cl)cc1)c1ccccc1)C(=O)[O-]. The van der Waals surface area contributed by atoms with Crippen molar-refractivity contribution in [1.82, 2.24) is 4.72 Å². The molecular formula is C16H14ClN2O4S-. The molecule has 1 N–H and O–H groups in total. The molecule has 0 spiro atoms. The molecule has 0 unspecified atom stereocenters. The number of carbonyl (C=O) groups excluding carboxylic acids is 1. The number of benzene rings is 2. The van der Waals surface area contributed by atoms with Gasteiger partial charge in [-0.05, 0) is 31.2 Å². The zero-order valence-electron chi connectivity index (χ0n) is 12.6. The second kappa shape index (κ2) is 7.46. The Bertz CT molecular complexity index is 849. The number of nitrogens with one attached hydrogen (secondary N) is 1. The number of sulfonamides is 1. The first kappa shape index (κ1) is 18.0. The molecule has 126 valence electrons. The molecule has 0 saturated carbocycles. The molecule has 2 rings (SSSR count). The highest BCUT2D eigenvalue weighted by Crippen LogP contribution is 2.15. The Labute approximate surface area is 144 Å². The molecule has 0 amide bonds. The maximum Gasteiger partial charge on any atom is 0.263 e. The minimum atomic E-state index is -3.95. The number of hydrogen-bond acceptors (Lipinski definition) is 5. The van der Waals surface area contributed by atoms with Crippen LogP contribution in [0.3, 0.4) is 0 Å². The van der Waals surface area contributed by atoms with Gasteiger partial charge in [-0.1, -0.05) is 41.9 Å². The Morgan fingerprint density at radius 1 is 1.12 bits per heavy atom. The van der Waals surface area contributed by atoms with Crippen LogP contribution in [0, 0.1) is 0 Å². The minimum Gasteiger partial charge on any atom is -0.548 e. The third kappa shape index (κ3) is 4.56. The van der Waals surface area contributed by atoms with Crippen LogP contribution in [0.15, 0.2) is 64.5 Å². The number of nitrogens with zero attached hydrogens (tertiary/aromatic N) is 1. The fourth-order valence-corrected chi connectivity index (χ4v) is 2.97. The molecule has 0 fully saturated rings. The van der Waals surface area contributed by atoms with E-state index < -0.39 is 22.0 Å². The predicted octanol–water partition coefficient (Wildman–Crippen LogP) is 1.20. The first-order valence-electron chi connectivity index (χ1n) is 6.92. The van der Waals surface area contributed by atoms with Crippen LogP contribution in [-0.4, -0.2) is 26.3 Å². The molecule has 8 heteroatoms. The van der Waals surface area contributed by atoms with E-state index in [0.29, 0.717) is 10.6 Å². The fourth-order valence-electron chi connectivity index (χ4n) is 1.80. The molecule has 0 saturated heterocycles. The van der Waals surface area contributed by atoms with E-state index in [1.807, 2.05) is 0 Å². The molecule has 0 heterocycles. The molecule has 2 aromatic carbocycles. The van der Waals surface area contributed by atoms with Crippen molar-refractivity contribution in [3.8, 4) is 0 Å². The molecule has 0 aliphatic carbocycles. The van der Waals surface area contributed by atoms with Crippen LogP contribution in [0.25, 0.3) is 0 Å². The van der Waals surface area contributed by atoms with Gasteiger partial charge in [0.05, 0.1) is 16.9 Å². The lowest BCUT2D eigenvalue weighted by molar-refractivity contribution is -0.306. The summed E-state index contributed by atoms with van der Waals surface area (Å²) in [4.78, 5) is 14.8. The van der Waals surface area contributed by atoms with Gasteiger partial charge in [0.15, 0.2) is 0 Å². The molecule has 6 nitrogen and oxygen atoms in total. The summed E-state index contributed by atoms with van der Waals surface area (Å²) < 4.78 is 27.3. The van der Waals surface area contributed by atoms with E-state index in [-0.39, 0.29) is 10.7 Å². The van der Waals surface area contributed by atoms with Gasteiger partial charge >= 0.3 is 0 Å². The molecular weight excluding hydrogens is 352 g/mol. The van der Waals surface area contributed by atoms with Gasteiger partial charge in [-0.25, -0.2) is 8.42 Å². The summed E-state index contributed by atoms with van der Waals surface area (Å²) in [5, 5.41) is 11.3. The number of aliphatic imine (C=N–C) groups is 1. The molecule has 0 radical (unpaired) electrons. The van der Waals surface area contributed by atoms with Crippen molar-refractivity contribution in [3.05, 3.63) is 65.2 Å². The smallest absolute Gasteiger partial charge is 0.263 e. The quantitative estimate of drug-likeness (QED) is 0.635.